The molecule has 0 bridgehead atoms. The molecule has 1 aliphatic carbocycles. The van der Waals surface area contributed by atoms with Gasteiger partial charge in [0, 0.05) is 13.0 Å². The van der Waals surface area contributed by atoms with Crippen molar-refractivity contribution in [3.8, 4) is 0 Å². The van der Waals surface area contributed by atoms with E-state index in [0.29, 0.717) is 6.42 Å². The molecule has 0 unspecified atom stereocenters. The average Bonchev–Trinajstić information content (AvgIpc) is 3.14. The third kappa shape index (κ3) is 2.43. The summed E-state index contributed by atoms with van der Waals surface area (Å²) in [5.74, 6) is 0.267. The van der Waals surface area contributed by atoms with E-state index in [4.69, 9.17) is 5.10 Å². The van der Waals surface area contributed by atoms with Gasteiger partial charge in [0.25, 0.3) is 0 Å². The Balaban J connectivity index is 1.42. The molecule has 0 saturated carbocycles. The molecule has 0 spiro atoms. The number of nitrogens with zero attached hydrogens (tertiary/aromatic N) is 3. The van der Waals surface area contributed by atoms with Gasteiger partial charge in [-0.25, -0.2) is 0 Å². The smallest absolute Gasteiger partial charge is 0.223 e. The third-order valence-electron chi connectivity index (χ3n) is 4.84. The predicted molar refractivity (Wildman–Crippen MR) is 84.4 cm³/mol. The Kier molecular flexibility index (Phi) is 3.45. The van der Waals surface area contributed by atoms with Gasteiger partial charge in [0.15, 0.2) is 0 Å². The molecular formula is C18H21N3O. The van der Waals surface area contributed by atoms with E-state index in [2.05, 4.69) is 16.8 Å². The Labute approximate surface area is 130 Å². The number of aromatic nitrogens is 2. The van der Waals surface area contributed by atoms with Crippen molar-refractivity contribution in [3.05, 3.63) is 52.8 Å². The van der Waals surface area contributed by atoms with Crippen molar-refractivity contribution < 1.29 is 4.79 Å². The minimum absolute atomic E-state index is 0.267. The van der Waals surface area contributed by atoms with Crippen LogP contribution in [-0.4, -0.2) is 27.1 Å². The van der Waals surface area contributed by atoms with Crippen LogP contribution in [0.2, 0.25) is 0 Å². The minimum atomic E-state index is 0.267. The summed E-state index contributed by atoms with van der Waals surface area (Å²) < 4.78 is 2.13. The highest BCUT2D eigenvalue weighted by atomic mass is 16.2. The number of rotatable bonds is 3. The monoisotopic (exact) mass is 295 g/mol. The standard InChI is InChI=1S/C18H21N3O/c22-18(10-9-14-5-2-1-3-6-14)20-11-12-21-17(13-20)15-7-4-8-16(15)19-21/h1-3,5-6H,4,7-13H2. The second-order valence-electron chi connectivity index (χ2n) is 6.25. The lowest BCUT2D eigenvalue weighted by Crippen LogP contribution is -2.38. The van der Waals surface area contributed by atoms with Gasteiger partial charge in [-0.2, -0.15) is 5.10 Å². The number of carbonyl (C=O) groups excluding carboxylic acids is 1. The molecule has 2 aromatic rings. The normalized spacial score (nSPS) is 16.5. The second-order valence-corrected chi connectivity index (χ2v) is 6.25. The minimum Gasteiger partial charge on any atom is -0.335 e. The summed E-state index contributed by atoms with van der Waals surface area (Å²) in [5, 5.41) is 4.70. The Morgan fingerprint density at radius 1 is 1.14 bits per heavy atom. The number of benzene rings is 1. The van der Waals surface area contributed by atoms with E-state index < -0.39 is 0 Å². The summed E-state index contributed by atoms with van der Waals surface area (Å²) in [6.45, 7) is 2.39. The van der Waals surface area contributed by atoms with E-state index in [9.17, 15) is 4.79 Å². The molecule has 1 aromatic carbocycles. The van der Waals surface area contributed by atoms with Gasteiger partial charge in [0.2, 0.25) is 5.91 Å². The van der Waals surface area contributed by atoms with Crippen LogP contribution in [0.3, 0.4) is 0 Å². The fraction of sp³-hybridized carbons (Fsp3) is 0.444. The van der Waals surface area contributed by atoms with Gasteiger partial charge in [-0.15, -0.1) is 0 Å². The molecule has 2 heterocycles. The van der Waals surface area contributed by atoms with Crippen LogP contribution in [0, 0.1) is 0 Å². The first kappa shape index (κ1) is 13.6. The lowest BCUT2D eigenvalue weighted by Gasteiger charge is -2.28. The topological polar surface area (TPSA) is 38.1 Å². The van der Waals surface area contributed by atoms with Gasteiger partial charge in [-0.1, -0.05) is 30.3 Å². The molecule has 2 aliphatic rings. The summed E-state index contributed by atoms with van der Waals surface area (Å²) in [6, 6.07) is 10.2. The zero-order valence-corrected chi connectivity index (χ0v) is 12.8. The molecular weight excluding hydrogens is 274 g/mol. The Hall–Kier alpha value is -2.10. The van der Waals surface area contributed by atoms with E-state index in [-0.39, 0.29) is 5.91 Å². The van der Waals surface area contributed by atoms with Gasteiger partial charge < -0.3 is 4.90 Å². The van der Waals surface area contributed by atoms with Gasteiger partial charge in [-0.3, -0.25) is 9.48 Å². The van der Waals surface area contributed by atoms with Crippen LogP contribution in [0.5, 0.6) is 0 Å². The third-order valence-corrected chi connectivity index (χ3v) is 4.84. The SMILES string of the molecule is O=C(CCc1ccccc1)N1CCn2nc3c(c2C1)CCC3. The van der Waals surface area contributed by atoms with Gasteiger partial charge in [0.05, 0.1) is 24.5 Å². The second kappa shape index (κ2) is 5.59. The van der Waals surface area contributed by atoms with Crippen molar-refractivity contribution in [2.45, 2.75) is 45.2 Å². The van der Waals surface area contributed by atoms with Crippen LogP contribution in [0.15, 0.2) is 30.3 Å². The fourth-order valence-electron chi connectivity index (χ4n) is 3.62. The predicted octanol–water partition coefficient (Wildman–Crippen LogP) is 2.35. The van der Waals surface area contributed by atoms with Gasteiger partial charge >= 0.3 is 0 Å². The van der Waals surface area contributed by atoms with Gasteiger partial charge in [0.1, 0.15) is 0 Å². The zero-order chi connectivity index (χ0) is 14.9. The van der Waals surface area contributed by atoms with E-state index >= 15 is 0 Å². The van der Waals surface area contributed by atoms with Crippen molar-refractivity contribution in [1.82, 2.24) is 14.7 Å². The molecule has 0 saturated heterocycles. The number of amides is 1. The van der Waals surface area contributed by atoms with Crippen molar-refractivity contribution >= 4 is 5.91 Å². The summed E-state index contributed by atoms with van der Waals surface area (Å²) in [5.41, 5.74) is 5.21. The first-order valence-corrected chi connectivity index (χ1v) is 8.20. The molecule has 4 nitrogen and oxygen atoms in total. The summed E-state index contributed by atoms with van der Waals surface area (Å²) >= 11 is 0. The molecule has 1 aromatic heterocycles. The van der Waals surface area contributed by atoms with E-state index in [0.717, 1.165) is 38.9 Å². The summed E-state index contributed by atoms with van der Waals surface area (Å²) in [7, 11) is 0. The lowest BCUT2D eigenvalue weighted by atomic mass is 10.1. The van der Waals surface area contributed by atoms with Crippen molar-refractivity contribution in [3.63, 3.8) is 0 Å². The number of carbonyl (C=O) groups is 1. The summed E-state index contributed by atoms with van der Waals surface area (Å²) in [4.78, 5) is 14.5. The summed E-state index contributed by atoms with van der Waals surface area (Å²) in [6.07, 6.45) is 4.88. The highest BCUT2D eigenvalue weighted by molar-refractivity contribution is 5.76. The van der Waals surface area contributed by atoms with Crippen LogP contribution in [-0.2, 0) is 37.1 Å². The highest BCUT2D eigenvalue weighted by Gasteiger charge is 2.28. The maximum absolute atomic E-state index is 12.5. The van der Waals surface area contributed by atoms with Crippen LogP contribution in [0.1, 0.15) is 35.4 Å². The van der Waals surface area contributed by atoms with Crippen LogP contribution in [0.25, 0.3) is 0 Å². The highest BCUT2D eigenvalue weighted by Crippen LogP contribution is 2.28. The lowest BCUT2D eigenvalue weighted by molar-refractivity contribution is -0.132. The molecule has 114 valence electrons. The van der Waals surface area contributed by atoms with Crippen LogP contribution >= 0.6 is 0 Å². The maximum Gasteiger partial charge on any atom is 0.223 e. The van der Waals surface area contributed by atoms with Crippen molar-refractivity contribution in [1.29, 1.82) is 0 Å². The first-order chi connectivity index (χ1) is 10.8. The average molecular weight is 295 g/mol. The number of hydrogen-bond donors (Lipinski definition) is 0. The van der Waals surface area contributed by atoms with Crippen LogP contribution < -0.4 is 0 Å². The van der Waals surface area contributed by atoms with E-state index in [1.165, 1.54) is 28.9 Å². The first-order valence-electron chi connectivity index (χ1n) is 8.20. The number of aryl methyl sites for hydroxylation is 2. The molecule has 0 N–H and O–H groups in total. The Morgan fingerprint density at radius 2 is 2.00 bits per heavy atom. The van der Waals surface area contributed by atoms with Crippen molar-refractivity contribution in [2.24, 2.45) is 0 Å². The number of fused-ring (bicyclic) bond motifs is 3. The largest absolute Gasteiger partial charge is 0.335 e. The molecule has 1 amide bonds. The number of hydrogen-bond acceptors (Lipinski definition) is 2. The quantitative estimate of drug-likeness (QED) is 0.872. The van der Waals surface area contributed by atoms with Crippen LogP contribution in [0.4, 0.5) is 0 Å². The van der Waals surface area contributed by atoms with Crippen molar-refractivity contribution in [2.75, 3.05) is 6.54 Å². The molecule has 4 heteroatoms. The van der Waals surface area contributed by atoms with Gasteiger partial charge in [-0.05, 0) is 36.8 Å². The van der Waals surface area contributed by atoms with E-state index in [1.807, 2.05) is 23.1 Å². The molecule has 0 atom stereocenters. The Bertz CT molecular complexity index is 690. The zero-order valence-electron chi connectivity index (χ0n) is 12.8. The maximum atomic E-state index is 12.5. The molecule has 1 aliphatic heterocycles. The Morgan fingerprint density at radius 3 is 2.86 bits per heavy atom. The molecule has 0 fully saturated rings. The molecule has 4 rings (SSSR count). The molecule has 0 radical (unpaired) electrons. The molecule has 22 heavy (non-hydrogen) atoms. The fourth-order valence-corrected chi connectivity index (χ4v) is 3.62. The van der Waals surface area contributed by atoms with E-state index in [1.54, 1.807) is 0 Å².